The fraction of sp³-hybridized carbons (Fsp3) is 0.647. The van der Waals surface area contributed by atoms with Crippen LogP contribution >= 0.6 is 0 Å². The molecule has 1 aromatic carbocycles. The van der Waals surface area contributed by atoms with Crippen molar-refractivity contribution in [2.45, 2.75) is 57.4 Å². The summed E-state index contributed by atoms with van der Waals surface area (Å²) in [7, 11) is 0. The molecule has 0 saturated heterocycles. The fourth-order valence-electron chi connectivity index (χ4n) is 4.01. The predicted octanol–water partition coefficient (Wildman–Crippen LogP) is 4.22. The highest BCUT2D eigenvalue weighted by Crippen LogP contribution is 2.39. The molecule has 0 amide bonds. The third kappa shape index (κ3) is 2.47. The molecule has 2 N–H and O–H groups in total. The maximum atomic E-state index is 6.57. The highest BCUT2D eigenvalue weighted by atomic mass is 14.7. The van der Waals surface area contributed by atoms with Gasteiger partial charge in [0, 0.05) is 6.04 Å². The van der Waals surface area contributed by atoms with Gasteiger partial charge in [-0.25, -0.2) is 0 Å². The van der Waals surface area contributed by atoms with Crippen molar-refractivity contribution in [2.75, 3.05) is 0 Å². The summed E-state index contributed by atoms with van der Waals surface area (Å²) in [5.74, 6) is 1.68. The Labute approximate surface area is 111 Å². The Bertz CT molecular complexity index is 392. The van der Waals surface area contributed by atoms with Gasteiger partial charge in [-0.1, -0.05) is 49.9 Å². The Morgan fingerprint density at radius 2 is 1.78 bits per heavy atom. The first kappa shape index (κ1) is 12.2. The molecule has 2 atom stereocenters. The molecule has 2 aliphatic carbocycles. The van der Waals surface area contributed by atoms with Gasteiger partial charge in [-0.3, -0.25) is 0 Å². The summed E-state index contributed by atoms with van der Waals surface area (Å²) in [6, 6.07) is 9.11. The quantitative estimate of drug-likeness (QED) is 0.773. The number of nitrogens with two attached hydrogens (primary N) is 1. The largest absolute Gasteiger partial charge is 0.324 e. The summed E-state index contributed by atoms with van der Waals surface area (Å²) in [6.07, 6.45) is 11.0. The van der Waals surface area contributed by atoms with Crippen molar-refractivity contribution in [1.82, 2.24) is 0 Å². The zero-order chi connectivity index (χ0) is 12.4. The second kappa shape index (κ2) is 5.44. The van der Waals surface area contributed by atoms with Gasteiger partial charge in [0.05, 0.1) is 0 Å². The third-order valence-corrected chi connectivity index (χ3v) is 5.05. The Balaban J connectivity index is 1.76. The average molecular weight is 243 g/mol. The molecule has 1 aromatic rings. The van der Waals surface area contributed by atoms with Gasteiger partial charge >= 0.3 is 0 Å². The molecule has 1 saturated carbocycles. The van der Waals surface area contributed by atoms with E-state index < -0.39 is 0 Å². The summed E-state index contributed by atoms with van der Waals surface area (Å²) < 4.78 is 0. The monoisotopic (exact) mass is 243 g/mol. The molecule has 0 heterocycles. The molecule has 0 aromatic heterocycles. The Kier molecular flexibility index (Phi) is 3.69. The molecule has 2 unspecified atom stereocenters. The highest BCUT2D eigenvalue weighted by molar-refractivity contribution is 5.31. The maximum Gasteiger partial charge on any atom is 0.0326 e. The van der Waals surface area contributed by atoms with Crippen molar-refractivity contribution in [1.29, 1.82) is 0 Å². The molecule has 98 valence electrons. The number of hydrogen-bond acceptors (Lipinski definition) is 1. The predicted molar refractivity (Wildman–Crippen MR) is 76.4 cm³/mol. The summed E-state index contributed by atoms with van der Waals surface area (Å²) in [6.45, 7) is 0. The number of hydrogen-bond donors (Lipinski definition) is 1. The van der Waals surface area contributed by atoms with Crippen LogP contribution in [0, 0.1) is 11.8 Å². The number of fused-ring (bicyclic) bond motifs is 1. The van der Waals surface area contributed by atoms with Gasteiger partial charge in [-0.2, -0.15) is 0 Å². The first-order valence-electron chi connectivity index (χ1n) is 7.68. The van der Waals surface area contributed by atoms with E-state index in [1.54, 1.807) is 0 Å². The second-order valence-electron chi connectivity index (χ2n) is 6.26. The fourth-order valence-corrected chi connectivity index (χ4v) is 4.01. The smallest absolute Gasteiger partial charge is 0.0326 e. The number of rotatable bonds is 2. The van der Waals surface area contributed by atoms with E-state index >= 15 is 0 Å². The minimum atomic E-state index is 0.282. The van der Waals surface area contributed by atoms with Gasteiger partial charge in [-0.15, -0.1) is 0 Å². The minimum absolute atomic E-state index is 0.282. The van der Waals surface area contributed by atoms with Crippen molar-refractivity contribution in [3.05, 3.63) is 35.4 Å². The van der Waals surface area contributed by atoms with Gasteiger partial charge in [0.1, 0.15) is 0 Å². The van der Waals surface area contributed by atoms with Crippen molar-refractivity contribution < 1.29 is 0 Å². The molecule has 0 spiro atoms. The van der Waals surface area contributed by atoms with Gasteiger partial charge in [0.15, 0.2) is 0 Å². The van der Waals surface area contributed by atoms with Crippen LogP contribution in [-0.4, -0.2) is 0 Å². The summed E-state index contributed by atoms with van der Waals surface area (Å²) in [5.41, 5.74) is 9.50. The van der Waals surface area contributed by atoms with Crippen LogP contribution in [0.3, 0.4) is 0 Å². The van der Waals surface area contributed by atoms with Crippen LogP contribution in [0.25, 0.3) is 0 Å². The van der Waals surface area contributed by atoms with E-state index in [1.165, 1.54) is 62.5 Å². The van der Waals surface area contributed by atoms with Crippen LogP contribution in [0.15, 0.2) is 24.3 Å². The lowest BCUT2D eigenvalue weighted by Crippen LogP contribution is -2.23. The van der Waals surface area contributed by atoms with Crippen molar-refractivity contribution in [3.63, 3.8) is 0 Å². The lowest BCUT2D eigenvalue weighted by Gasteiger charge is -2.25. The SMILES string of the molecule is NC1c2ccccc2CCCC1CC1CCCC1. The lowest BCUT2D eigenvalue weighted by molar-refractivity contribution is 0.311. The molecule has 1 heteroatoms. The zero-order valence-corrected chi connectivity index (χ0v) is 11.3. The van der Waals surface area contributed by atoms with E-state index in [0.717, 1.165) is 11.8 Å². The molecular weight excluding hydrogens is 218 g/mol. The standard InChI is InChI=1S/C17H25N/c18-17-15(12-13-6-1-2-7-13)10-5-9-14-8-3-4-11-16(14)17/h3-4,8,11,13,15,17H,1-2,5-7,9-10,12,18H2. The lowest BCUT2D eigenvalue weighted by atomic mass is 9.83. The molecule has 3 rings (SSSR count). The maximum absolute atomic E-state index is 6.57. The molecular formula is C17H25N. The summed E-state index contributed by atoms with van der Waals surface area (Å²) in [4.78, 5) is 0. The van der Waals surface area contributed by atoms with E-state index in [4.69, 9.17) is 5.73 Å². The summed E-state index contributed by atoms with van der Waals surface area (Å²) in [5, 5.41) is 0. The Hall–Kier alpha value is -0.820. The van der Waals surface area contributed by atoms with Crippen molar-refractivity contribution in [2.24, 2.45) is 17.6 Å². The molecule has 0 radical (unpaired) electrons. The van der Waals surface area contributed by atoms with Crippen LogP contribution in [-0.2, 0) is 6.42 Å². The normalized spacial score (nSPS) is 28.9. The molecule has 2 aliphatic rings. The summed E-state index contributed by atoms with van der Waals surface area (Å²) >= 11 is 0. The molecule has 1 nitrogen and oxygen atoms in total. The van der Waals surface area contributed by atoms with Crippen LogP contribution in [0.1, 0.15) is 62.1 Å². The van der Waals surface area contributed by atoms with Crippen molar-refractivity contribution >= 4 is 0 Å². The highest BCUT2D eigenvalue weighted by Gasteiger charge is 2.28. The van der Waals surface area contributed by atoms with E-state index in [-0.39, 0.29) is 6.04 Å². The van der Waals surface area contributed by atoms with E-state index in [2.05, 4.69) is 24.3 Å². The molecule has 0 bridgehead atoms. The van der Waals surface area contributed by atoms with Crippen molar-refractivity contribution in [3.8, 4) is 0 Å². The zero-order valence-electron chi connectivity index (χ0n) is 11.3. The van der Waals surface area contributed by atoms with Crippen LogP contribution in [0.5, 0.6) is 0 Å². The van der Waals surface area contributed by atoms with E-state index in [9.17, 15) is 0 Å². The number of benzene rings is 1. The molecule has 0 aliphatic heterocycles. The average Bonchev–Trinajstić information content (AvgIpc) is 2.85. The minimum Gasteiger partial charge on any atom is -0.324 e. The first-order valence-corrected chi connectivity index (χ1v) is 7.68. The second-order valence-corrected chi connectivity index (χ2v) is 6.26. The molecule has 18 heavy (non-hydrogen) atoms. The van der Waals surface area contributed by atoms with Gasteiger partial charge in [0.2, 0.25) is 0 Å². The Morgan fingerprint density at radius 1 is 1.00 bits per heavy atom. The van der Waals surface area contributed by atoms with E-state index in [0.29, 0.717) is 0 Å². The Morgan fingerprint density at radius 3 is 2.61 bits per heavy atom. The van der Waals surface area contributed by atoms with Gasteiger partial charge < -0.3 is 5.73 Å². The van der Waals surface area contributed by atoms with Crippen LogP contribution in [0.2, 0.25) is 0 Å². The van der Waals surface area contributed by atoms with Gasteiger partial charge in [-0.05, 0) is 48.6 Å². The third-order valence-electron chi connectivity index (χ3n) is 5.05. The number of aryl methyl sites for hydroxylation is 1. The van der Waals surface area contributed by atoms with Crippen LogP contribution < -0.4 is 5.73 Å². The van der Waals surface area contributed by atoms with E-state index in [1.807, 2.05) is 0 Å². The van der Waals surface area contributed by atoms with Crippen LogP contribution in [0.4, 0.5) is 0 Å². The molecule has 1 fully saturated rings. The first-order chi connectivity index (χ1) is 8.84. The van der Waals surface area contributed by atoms with Gasteiger partial charge in [0.25, 0.3) is 0 Å². The topological polar surface area (TPSA) is 26.0 Å².